The van der Waals surface area contributed by atoms with Crippen molar-refractivity contribution in [2.45, 2.75) is 19.1 Å². The first kappa shape index (κ1) is 13.9. The van der Waals surface area contributed by atoms with E-state index in [0.717, 1.165) is 32.2 Å². The van der Waals surface area contributed by atoms with Gasteiger partial charge in [0.1, 0.15) is 0 Å². The molecule has 3 nitrogen and oxygen atoms in total. The molecule has 1 fully saturated rings. The molecule has 0 saturated carbocycles. The van der Waals surface area contributed by atoms with Crippen LogP contribution in [-0.2, 0) is 15.3 Å². The minimum Gasteiger partial charge on any atom is -0.343 e. The summed E-state index contributed by atoms with van der Waals surface area (Å²) in [5.74, 6) is -0.697. The SMILES string of the molecule is CCC1(c2ccc3sc4ccccc4c(=O)c3c2)OCCO1. The van der Waals surface area contributed by atoms with E-state index in [2.05, 4.69) is 0 Å². The molecule has 0 atom stereocenters. The Kier molecular flexibility index (Phi) is 3.26. The lowest BCUT2D eigenvalue weighted by Crippen LogP contribution is -2.26. The highest BCUT2D eigenvalue weighted by atomic mass is 32.1. The van der Waals surface area contributed by atoms with Crippen molar-refractivity contribution in [1.82, 2.24) is 0 Å². The third kappa shape index (κ3) is 1.99. The lowest BCUT2D eigenvalue weighted by atomic mass is 10.0. The van der Waals surface area contributed by atoms with Crippen LogP contribution >= 0.6 is 11.3 Å². The van der Waals surface area contributed by atoms with Crippen LogP contribution in [0.15, 0.2) is 47.3 Å². The minimum absolute atomic E-state index is 0.0791. The van der Waals surface area contributed by atoms with Gasteiger partial charge in [0.15, 0.2) is 11.2 Å². The zero-order chi connectivity index (χ0) is 15.2. The predicted molar refractivity (Wildman–Crippen MR) is 89.5 cm³/mol. The van der Waals surface area contributed by atoms with Crippen LogP contribution in [0.4, 0.5) is 0 Å². The molecule has 0 N–H and O–H groups in total. The first-order chi connectivity index (χ1) is 10.7. The van der Waals surface area contributed by atoms with Crippen LogP contribution < -0.4 is 5.43 Å². The fourth-order valence-corrected chi connectivity index (χ4v) is 4.12. The monoisotopic (exact) mass is 312 g/mol. The molecule has 0 bridgehead atoms. The van der Waals surface area contributed by atoms with Gasteiger partial charge in [-0.3, -0.25) is 4.79 Å². The van der Waals surface area contributed by atoms with Gasteiger partial charge in [-0.15, -0.1) is 11.3 Å². The molecular formula is C18H16O3S. The first-order valence-electron chi connectivity index (χ1n) is 7.47. The molecule has 22 heavy (non-hydrogen) atoms. The maximum Gasteiger partial charge on any atom is 0.195 e. The summed E-state index contributed by atoms with van der Waals surface area (Å²) >= 11 is 1.64. The number of benzene rings is 2. The Balaban J connectivity index is 1.99. The highest BCUT2D eigenvalue weighted by Gasteiger charge is 2.36. The average Bonchev–Trinajstić information content (AvgIpc) is 3.05. The van der Waals surface area contributed by atoms with Crippen LogP contribution in [0.3, 0.4) is 0 Å². The Morgan fingerprint density at radius 3 is 2.55 bits per heavy atom. The quantitative estimate of drug-likeness (QED) is 0.670. The number of hydrogen-bond donors (Lipinski definition) is 0. The van der Waals surface area contributed by atoms with Crippen molar-refractivity contribution in [3.8, 4) is 0 Å². The molecule has 1 aliphatic heterocycles. The van der Waals surface area contributed by atoms with Crippen molar-refractivity contribution in [2.75, 3.05) is 13.2 Å². The van der Waals surface area contributed by atoms with Crippen molar-refractivity contribution in [2.24, 2.45) is 0 Å². The Morgan fingerprint density at radius 2 is 1.77 bits per heavy atom. The topological polar surface area (TPSA) is 35.5 Å². The summed E-state index contributed by atoms with van der Waals surface area (Å²) in [5, 5.41) is 1.52. The lowest BCUT2D eigenvalue weighted by Gasteiger charge is -2.26. The van der Waals surface area contributed by atoms with Gasteiger partial charge in [-0.2, -0.15) is 0 Å². The van der Waals surface area contributed by atoms with E-state index in [-0.39, 0.29) is 5.43 Å². The van der Waals surface area contributed by atoms with E-state index in [1.54, 1.807) is 11.3 Å². The molecule has 1 aromatic heterocycles. The summed E-state index contributed by atoms with van der Waals surface area (Å²) in [5.41, 5.74) is 1.01. The Labute approximate surface area is 132 Å². The fourth-order valence-electron chi connectivity index (χ4n) is 3.07. The molecule has 3 aromatic rings. The van der Waals surface area contributed by atoms with Crippen molar-refractivity contribution in [1.29, 1.82) is 0 Å². The van der Waals surface area contributed by atoms with E-state index < -0.39 is 5.79 Å². The van der Waals surface area contributed by atoms with Gasteiger partial charge in [0.25, 0.3) is 0 Å². The van der Waals surface area contributed by atoms with Crippen LogP contribution in [0.5, 0.6) is 0 Å². The number of ether oxygens (including phenoxy) is 2. The zero-order valence-corrected chi connectivity index (χ0v) is 13.1. The van der Waals surface area contributed by atoms with Crippen molar-refractivity contribution in [3.63, 3.8) is 0 Å². The van der Waals surface area contributed by atoms with Gasteiger partial charge in [0, 0.05) is 32.2 Å². The van der Waals surface area contributed by atoms with Gasteiger partial charge in [-0.05, 0) is 24.3 Å². The van der Waals surface area contributed by atoms with Gasteiger partial charge in [0.05, 0.1) is 13.2 Å². The second-order valence-corrected chi connectivity index (χ2v) is 6.53. The first-order valence-corrected chi connectivity index (χ1v) is 8.29. The van der Waals surface area contributed by atoms with Gasteiger partial charge < -0.3 is 9.47 Å². The smallest absolute Gasteiger partial charge is 0.195 e. The van der Waals surface area contributed by atoms with Gasteiger partial charge >= 0.3 is 0 Å². The number of hydrogen-bond acceptors (Lipinski definition) is 4. The summed E-state index contributed by atoms with van der Waals surface area (Å²) in [6, 6.07) is 13.7. The molecule has 0 spiro atoms. The lowest BCUT2D eigenvalue weighted by molar-refractivity contribution is -0.167. The van der Waals surface area contributed by atoms with Gasteiger partial charge in [-0.25, -0.2) is 0 Å². The molecule has 112 valence electrons. The summed E-state index contributed by atoms with van der Waals surface area (Å²) < 4.78 is 13.7. The molecule has 4 heteroatoms. The third-order valence-electron chi connectivity index (χ3n) is 4.23. The highest BCUT2D eigenvalue weighted by molar-refractivity contribution is 7.24. The number of fused-ring (bicyclic) bond motifs is 2. The second-order valence-electron chi connectivity index (χ2n) is 5.44. The minimum atomic E-state index is -0.697. The van der Waals surface area contributed by atoms with Gasteiger partial charge in [0.2, 0.25) is 0 Å². The van der Waals surface area contributed by atoms with Crippen LogP contribution in [-0.4, -0.2) is 13.2 Å². The van der Waals surface area contributed by atoms with E-state index in [4.69, 9.17) is 9.47 Å². The second kappa shape index (κ2) is 5.16. The summed E-state index contributed by atoms with van der Waals surface area (Å²) in [6.07, 6.45) is 0.726. The van der Waals surface area contributed by atoms with Crippen molar-refractivity contribution < 1.29 is 9.47 Å². The highest BCUT2D eigenvalue weighted by Crippen LogP contribution is 2.36. The predicted octanol–water partition coefficient (Wildman–Crippen LogP) is 4.02. The Bertz CT molecular complexity index is 907. The van der Waals surface area contributed by atoms with E-state index >= 15 is 0 Å². The maximum absolute atomic E-state index is 12.8. The zero-order valence-electron chi connectivity index (χ0n) is 12.3. The Hall–Kier alpha value is -1.75. The van der Waals surface area contributed by atoms with Crippen LogP contribution in [0.2, 0.25) is 0 Å². The summed E-state index contributed by atoms with van der Waals surface area (Å²) in [6.45, 7) is 3.23. The summed E-state index contributed by atoms with van der Waals surface area (Å²) in [4.78, 5) is 12.8. The number of rotatable bonds is 2. The molecule has 1 saturated heterocycles. The standard InChI is InChI=1S/C18H16O3S/c1-2-18(20-9-10-21-18)12-7-8-16-14(11-12)17(19)13-5-3-4-6-15(13)22-16/h3-8,11H,2,9-10H2,1H3. The summed E-state index contributed by atoms with van der Waals surface area (Å²) in [7, 11) is 0. The van der Waals surface area contributed by atoms with Crippen molar-refractivity contribution in [3.05, 3.63) is 58.3 Å². The largest absolute Gasteiger partial charge is 0.343 e. The average molecular weight is 312 g/mol. The van der Waals surface area contributed by atoms with Crippen LogP contribution in [0.25, 0.3) is 20.2 Å². The van der Waals surface area contributed by atoms with Crippen LogP contribution in [0, 0.1) is 0 Å². The molecule has 0 amide bonds. The maximum atomic E-state index is 12.8. The van der Waals surface area contributed by atoms with E-state index in [1.165, 1.54) is 0 Å². The normalized spacial score (nSPS) is 17.3. The Morgan fingerprint density at radius 1 is 1.05 bits per heavy atom. The van der Waals surface area contributed by atoms with E-state index in [1.807, 2.05) is 49.4 Å². The molecule has 0 radical (unpaired) electrons. The molecular weight excluding hydrogens is 296 g/mol. The molecule has 2 heterocycles. The molecule has 1 aliphatic rings. The van der Waals surface area contributed by atoms with Gasteiger partial charge in [-0.1, -0.05) is 25.1 Å². The molecule has 2 aromatic carbocycles. The molecule has 4 rings (SSSR count). The van der Waals surface area contributed by atoms with Crippen molar-refractivity contribution >= 4 is 31.5 Å². The molecule has 0 unspecified atom stereocenters. The van der Waals surface area contributed by atoms with Crippen LogP contribution in [0.1, 0.15) is 18.9 Å². The van der Waals surface area contributed by atoms with E-state index in [0.29, 0.717) is 13.2 Å². The fraction of sp³-hybridized carbons (Fsp3) is 0.278. The molecule has 0 aliphatic carbocycles. The third-order valence-corrected chi connectivity index (χ3v) is 5.39. The van der Waals surface area contributed by atoms with E-state index in [9.17, 15) is 4.79 Å².